The molecule has 0 radical (unpaired) electrons. The Labute approximate surface area is 656 Å². The van der Waals surface area contributed by atoms with Crippen LogP contribution in [0.15, 0.2) is 94.8 Å². The van der Waals surface area contributed by atoms with Gasteiger partial charge in [0.2, 0.25) is 43.2 Å². The van der Waals surface area contributed by atoms with Crippen LogP contribution in [0.3, 0.4) is 0 Å². The first-order chi connectivity index (χ1) is 50.0. The number of nitrogens with one attached hydrogen (secondary N) is 3. The second-order valence-corrected chi connectivity index (χ2v) is 21.6. The zero-order chi connectivity index (χ0) is 80.5. The van der Waals surface area contributed by atoms with Crippen LogP contribution in [0.4, 0.5) is 40.2 Å². The number of esters is 2. The number of nitrogens with two attached hydrogens (primary N) is 2. The van der Waals surface area contributed by atoms with Crippen molar-refractivity contribution in [3.8, 4) is 45.8 Å². The Morgan fingerprint density at radius 1 is 0.528 bits per heavy atom. The minimum absolute atomic E-state index is 0. The van der Waals surface area contributed by atoms with Crippen LogP contribution in [0.2, 0.25) is 31.6 Å². The number of carbonyl (C=O) groups is 5. The Bertz CT molecular complexity index is 4390. The van der Waals surface area contributed by atoms with Gasteiger partial charge in [-0.15, -0.1) is 0 Å². The van der Waals surface area contributed by atoms with Gasteiger partial charge in [-0.3, -0.25) is 44.0 Å². The van der Waals surface area contributed by atoms with E-state index in [1.807, 2.05) is 18.2 Å². The summed E-state index contributed by atoms with van der Waals surface area (Å²) in [6, 6.07) is 15.4. The molecule has 6 aromatic heterocycles. The predicted molar refractivity (Wildman–Crippen MR) is 412 cm³/mol. The number of rotatable bonds is 16. The minimum Gasteiger partial charge on any atom is -0.497 e. The molecule has 6 heterocycles. The second-order valence-electron chi connectivity index (χ2n) is 18.6. The summed E-state index contributed by atoms with van der Waals surface area (Å²) in [4.78, 5) is 125. The van der Waals surface area contributed by atoms with E-state index in [1.54, 1.807) is 87.7 Å². The Morgan fingerprint density at radius 3 is 1.20 bits per heavy atom. The van der Waals surface area contributed by atoms with E-state index in [-0.39, 0.29) is 93.6 Å². The normalized spacial score (nSPS) is 9.38. The van der Waals surface area contributed by atoms with E-state index in [9.17, 15) is 44.2 Å². The summed E-state index contributed by atoms with van der Waals surface area (Å²) in [5.74, 6) is 1.16. The van der Waals surface area contributed by atoms with E-state index >= 15 is 0 Å². The van der Waals surface area contributed by atoms with Gasteiger partial charge in [0.15, 0.2) is 23.1 Å². The van der Waals surface area contributed by atoms with Gasteiger partial charge < -0.3 is 70.4 Å². The molecule has 0 saturated carbocycles. The monoisotopic (exact) mass is 1690 g/mol. The first kappa shape index (κ1) is 98.8. The van der Waals surface area contributed by atoms with Gasteiger partial charge in [-0.25, -0.2) is 39.5 Å². The van der Waals surface area contributed by atoms with Crippen LogP contribution in [0, 0.1) is 20.2 Å². The smallest absolute Gasteiger partial charge is 0.417 e. The molecule has 0 fully saturated rings. The fourth-order valence-electron chi connectivity index (χ4n) is 6.79. The molecule has 0 aliphatic heterocycles. The standard InChI is InChI=1S/C15H13ClN4O3.C11H12O4.C8H9BrO2.C6H10O4.C5H5ClN4O2.2C5H7ClN4.C4HCl2N3O2.C2H4O2.2CH4/c1-20-13-11(7-17-15(16)19-13)18-12(14(20)21)8-4-9(22-2)6-10(5-8)23-3;1-7(12)11(13)8-4-9(14-2)6-10(5-8)15-3;1-10-7-3-6(9)4-8(5-7)11-2;1-3-9-5(7)6(8)10-4-2;1-7-4-3(10(11)12)2-8-5(6)9-4;2*1-8-4-3(7)2-9-5(6)10-4;5-3-2(9(10)11)1-7-4(6)8-3;1-2(3)4;;/h4-7H,1-3H3;4-6H,1-3H3;3-5H,1-2H3;3-4H2,1-2H3;2H,1H3,(H,7,8,9);2*2H,7H2,1H3,(H,8,9,10);1H;1H3,(H,3,4);2*1H4. The Balaban J connectivity index is 0. The van der Waals surface area contributed by atoms with E-state index in [1.165, 1.54) is 63.5 Å². The average Bonchev–Trinajstić information content (AvgIpc) is 0.775. The molecule has 0 saturated heterocycles. The number of nitro groups is 2. The van der Waals surface area contributed by atoms with Crippen molar-refractivity contribution in [2.75, 3.05) is 104 Å². The van der Waals surface area contributed by atoms with Crippen molar-refractivity contribution in [3.05, 3.63) is 158 Å². The number of ketones is 2. The number of halogens is 7. The highest BCUT2D eigenvalue weighted by molar-refractivity contribution is 9.10. The number of benzene rings is 3. The molecule has 0 amide bonds. The van der Waals surface area contributed by atoms with Crippen LogP contribution >= 0.6 is 85.5 Å². The van der Waals surface area contributed by atoms with Gasteiger partial charge in [0.1, 0.15) is 58.1 Å². The van der Waals surface area contributed by atoms with Gasteiger partial charge in [-0.1, -0.05) is 42.4 Å². The SMILES string of the molecule is C.C.CC(=O)O.CCOC(=O)C(=O)OCC.CNc1nc(Cl)ncc1N.CNc1nc(Cl)ncc1N.CNc1nc(Cl)ncc1[N+](=O)[O-].COc1cc(Br)cc(OC)c1.COc1cc(OC)cc(-c2nc3cnc(Cl)nc3n(C)c2=O)c1.COc1cc(OC)cc(C(=O)C(C)=O)c1.O=[N+]([O-])c1cnc(Cl)nc1Cl. The lowest BCUT2D eigenvalue weighted by Gasteiger charge is -2.10. The third-order valence-corrected chi connectivity index (χ3v) is 13.1. The van der Waals surface area contributed by atoms with Gasteiger partial charge in [-0.05, 0) is 108 Å². The molecule has 8 N–H and O–H groups in total. The summed E-state index contributed by atoms with van der Waals surface area (Å²) in [5, 5.41) is 36.0. The molecule has 586 valence electrons. The minimum atomic E-state index is -0.927. The fourth-order valence-corrected chi connectivity index (χ4v) is 8.14. The quantitative estimate of drug-likeness (QED) is 0.00995. The van der Waals surface area contributed by atoms with Crippen molar-refractivity contribution in [2.24, 2.45) is 7.05 Å². The molecule has 0 aliphatic carbocycles. The Kier molecular flexibility index (Phi) is 47.5. The number of carbonyl (C=O) groups excluding carboxylic acids is 4. The summed E-state index contributed by atoms with van der Waals surface area (Å²) in [5.41, 5.74) is 13.0. The number of fused-ring (bicyclic) bond motifs is 1. The molecular weight excluding hydrogens is 1620 g/mol. The Hall–Kier alpha value is -11.2. The number of hydrogen-bond donors (Lipinski definition) is 6. The topological polar surface area (TPSA) is 518 Å². The fraction of sp³-hybridized carbons (Fsp3) is 0.286. The number of ether oxygens (including phenoxy) is 8. The van der Waals surface area contributed by atoms with Crippen molar-refractivity contribution in [1.29, 1.82) is 0 Å². The molecule has 0 unspecified atom stereocenters. The number of nitrogen functional groups attached to an aromatic ring is 2. The number of methoxy groups -OCH3 is 6. The largest absolute Gasteiger partial charge is 0.497 e. The number of Topliss-reactive ketones (excluding diaryl/α,β-unsaturated/α-hetero) is 2. The molecule has 9 aromatic rings. The average molecular weight is 1700 g/mol. The molecule has 108 heavy (non-hydrogen) atoms. The van der Waals surface area contributed by atoms with Gasteiger partial charge in [0, 0.05) is 75.8 Å². The number of aliphatic carboxylic acids is 1. The molecule has 0 bridgehead atoms. The molecule has 9 rings (SSSR count). The van der Waals surface area contributed by atoms with Gasteiger partial charge in [-0.2, -0.15) is 24.9 Å². The highest BCUT2D eigenvalue weighted by atomic mass is 79.9. The van der Waals surface area contributed by atoms with Crippen molar-refractivity contribution >= 4 is 166 Å². The number of carboxylic acid groups (broad SMARTS) is 1. The lowest BCUT2D eigenvalue weighted by atomic mass is 10.1. The molecule has 3 aromatic carbocycles. The zero-order valence-corrected chi connectivity index (χ0v) is 64.5. The van der Waals surface area contributed by atoms with Crippen molar-refractivity contribution in [2.45, 2.75) is 42.5 Å². The van der Waals surface area contributed by atoms with Gasteiger partial charge in [0.25, 0.3) is 11.5 Å². The molecule has 0 aliphatic rings. The van der Waals surface area contributed by atoms with E-state index in [0.29, 0.717) is 62.7 Å². The van der Waals surface area contributed by atoms with E-state index in [2.05, 4.69) is 96.2 Å². The maximum absolute atomic E-state index is 12.6. The first-order valence-electron chi connectivity index (χ1n) is 29.0. The maximum atomic E-state index is 12.6. The summed E-state index contributed by atoms with van der Waals surface area (Å²) < 4.78 is 41.5. The number of nitrogens with zero attached hydrogens (tertiary/aromatic N) is 14. The molecule has 0 spiro atoms. The van der Waals surface area contributed by atoms with Crippen molar-refractivity contribution in [1.82, 2.24) is 59.4 Å². The number of aryl methyl sites for hydroxylation is 1. The number of aromatic nitrogens is 12. The lowest BCUT2D eigenvalue weighted by Crippen LogP contribution is -2.21. The third kappa shape index (κ3) is 35.2. The Morgan fingerprint density at radius 2 is 0.861 bits per heavy atom. The van der Waals surface area contributed by atoms with Crippen LogP contribution in [-0.2, 0) is 35.7 Å². The van der Waals surface area contributed by atoms with Crippen molar-refractivity contribution < 1.29 is 76.8 Å². The van der Waals surface area contributed by atoms with Crippen LogP contribution in [-0.4, -0.2) is 181 Å². The summed E-state index contributed by atoms with van der Waals surface area (Å²) in [7, 11) is 15.9. The highest BCUT2D eigenvalue weighted by Gasteiger charge is 2.19. The lowest BCUT2D eigenvalue weighted by molar-refractivity contribution is -0.385. The number of carboxylic acids is 1. The molecule has 38 nitrogen and oxygen atoms in total. The van der Waals surface area contributed by atoms with Crippen LogP contribution < -0.4 is 61.4 Å². The molecule has 0 atom stereocenters. The van der Waals surface area contributed by atoms with Gasteiger partial charge >= 0.3 is 23.3 Å². The summed E-state index contributed by atoms with van der Waals surface area (Å²) >= 11 is 36.1. The third-order valence-electron chi connectivity index (χ3n) is 11.5. The van der Waals surface area contributed by atoms with Crippen molar-refractivity contribution in [3.63, 3.8) is 0 Å². The predicted octanol–water partition coefficient (Wildman–Crippen LogP) is 11.8. The highest BCUT2D eigenvalue weighted by Crippen LogP contribution is 2.30. The maximum Gasteiger partial charge on any atom is 0.417 e. The molecule has 45 heteroatoms. The zero-order valence-electron chi connectivity index (χ0n) is 58.4. The summed E-state index contributed by atoms with van der Waals surface area (Å²) in [6.07, 6.45) is 6.41. The number of anilines is 5. The first-order valence-corrected chi connectivity index (χ1v) is 32.0. The van der Waals surface area contributed by atoms with E-state index < -0.39 is 39.3 Å². The summed E-state index contributed by atoms with van der Waals surface area (Å²) in [6.45, 7) is 5.94. The van der Waals surface area contributed by atoms with Crippen LogP contribution in [0.25, 0.3) is 22.4 Å². The molecular formula is C63H76BrCl6N19O19. The van der Waals surface area contributed by atoms with Crippen LogP contribution in [0.5, 0.6) is 34.5 Å². The van der Waals surface area contributed by atoms with Crippen LogP contribution in [0.1, 0.15) is 52.9 Å². The number of hydrogen-bond acceptors (Lipinski definition) is 34. The van der Waals surface area contributed by atoms with E-state index in [0.717, 1.165) is 35.3 Å². The second kappa shape index (κ2) is 51.9. The van der Waals surface area contributed by atoms with E-state index in [4.69, 9.17) is 119 Å². The van der Waals surface area contributed by atoms with Gasteiger partial charge in [0.05, 0.1) is 95.7 Å².